The summed E-state index contributed by atoms with van der Waals surface area (Å²) in [6.07, 6.45) is 3.96. The van der Waals surface area contributed by atoms with Gasteiger partial charge in [0.1, 0.15) is 12.1 Å². The molecular formula is C43H47ClN8O4. The summed E-state index contributed by atoms with van der Waals surface area (Å²) in [5.41, 5.74) is 6.30. The SMILES string of the molecule is CC1N(c2ccc(C#N)c(Cl)c2)CCC12CCN(c1ccc(C(=O)N3CCN(C4CN(c5ccc6c(c5)C(=O)N(C5CCC(=O)NC5=O)C6)C4)CC3)cc1)CC2. The highest BCUT2D eigenvalue weighted by molar-refractivity contribution is 6.32. The fourth-order valence-corrected chi connectivity index (χ4v) is 10.2. The summed E-state index contributed by atoms with van der Waals surface area (Å²) in [6, 6.07) is 22.3. The molecule has 3 aromatic rings. The Morgan fingerprint density at radius 2 is 1.52 bits per heavy atom. The Labute approximate surface area is 332 Å². The van der Waals surface area contributed by atoms with Gasteiger partial charge >= 0.3 is 0 Å². The molecule has 56 heavy (non-hydrogen) atoms. The summed E-state index contributed by atoms with van der Waals surface area (Å²) >= 11 is 6.38. The minimum Gasteiger partial charge on any atom is -0.371 e. The summed E-state index contributed by atoms with van der Waals surface area (Å²) in [5, 5.41) is 12.2. The number of rotatable bonds is 6. The zero-order valence-electron chi connectivity index (χ0n) is 31.8. The molecule has 13 heteroatoms. The van der Waals surface area contributed by atoms with Gasteiger partial charge in [0.2, 0.25) is 11.8 Å². The molecule has 2 unspecified atom stereocenters. The molecule has 0 saturated carbocycles. The zero-order valence-corrected chi connectivity index (χ0v) is 32.5. The fourth-order valence-electron chi connectivity index (χ4n) is 10.0. The van der Waals surface area contributed by atoms with E-state index in [-0.39, 0.29) is 29.6 Å². The summed E-state index contributed by atoms with van der Waals surface area (Å²) in [7, 11) is 0. The Morgan fingerprint density at radius 3 is 2.21 bits per heavy atom. The molecule has 5 saturated heterocycles. The predicted octanol–water partition coefficient (Wildman–Crippen LogP) is 4.50. The number of fused-ring (bicyclic) bond motifs is 1. The maximum atomic E-state index is 13.6. The number of nitrogens with zero attached hydrogens (tertiary/aromatic N) is 7. The highest BCUT2D eigenvalue weighted by Crippen LogP contribution is 2.47. The van der Waals surface area contributed by atoms with E-state index >= 15 is 0 Å². The zero-order chi connectivity index (χ0) is 38.7. The Hall–Kier alpha value is -5.12. The number of piperazine rings is 1. The Kier molecular flexibility index (Phi) is 9.41. The number of halogens is 1. The Morgan fingerprint density at radius 1 is 0.821 bits per heavy atom. The molecule has 0 radical (unpaired) electrons. The van der Waals surface area contributed by atoms with E-state index in [1.54, 1.807) is 4.90 Å². The molecule has 6 heterocycles. The van der Waals surface area contributed by atoms with Crippen LogP contribution in [0.3, 0.4) is 0 Å². The van der Waals surface area contributed by atoms with Gasteiger partial charge in [0.15, 0.2) is 0 Å². The highest BCUT2D eigenvalue weighted by atomic mass is 35.5. The number of amides is 4. The molecule has 5 fully saturated rings. The summed E-state index contributed by atoms with van der Waals surface area (Å²) in [4.78, 5) is 64.1. The molecule has 6 aliphatic rings. The molecule has 0 aliphatic carbocycles. The number of hydrogen-bond donors (Lipinski definition) is 1. The number of piperidine rings is 2. The number of anilines is 3. The lowest BCUT2D eigenvalue weighted by Gasteiger charge is -2.49. The second-order valence-corrected chi connectivity index (χ2v) is 16.8. The minimum atomic E-state index is -0.610. The van der Waals surface area contributed by atoms with Crippen LogP contribution in [-0.2, 0) is 16.1 Å². The maximum Gasteiger partial charge on any atom is 0.255 e. The quantitative estimate of drug-likeness (QED) is 0.361. The molecule has 12 nitrogen and oxygen atoms in total. The average molecular weight is 775 g/mol. The third-order valence-corrected chi connectivity index (χ3v) is 14.0. The van der Waals surface area contributed by atoms with Crippen molar-refractivity contribution in [1.29, 1.82) is 5.26 Å². The van der Waals surface area contributed by atoms with Gasteiger partial charge in [0.05, 0.1) is 10.6 Å². The number of carbonyl (C=O) groups excluding carboxylic acids is 4. The van der Waals surface area contributed by atoms with E-state index in [0.29, 0.717) is 54.3 Å². The van der Waals surface area contributed by atoms with Crippen molar-refractivity contribution in [3.63, 3.8) is 0 Å². The van der Waals surface area contributed by atoms with Gasteiger partial charge in [-0.05, 0) is 98.2 Å². The average Bonchev–Trinajstić information content (AvgIpc) is 3.69. The lowest BCUT2D eigenvalue weighted by molar-refractivity contribution is -0.136. The Bertz CT molecular complexity index is 2110. The van der Waals surface area contributed by atoms with E-state index in [4.69, 9.17) is 11.6 Å². The van der Waals surface area contributed by atoms with E-state index < -0.39 is 11.9 Å². The van der Waals surface area contributed by atoms with Gasteiger partial charge in [0, 0.05) is 112 Å². The van der Waals surface area contributed by atoms with Crippen LogP contribution in [0.2, 0.25) is 5.02 Å². The monoisotopic (exact) mass is 774 g/mol. The van der Waals surface area contributed by atoms with Crippen molar-refractivity contribution in [2.75, 3.05) is 73.6 Å². The first-order valence-corrected chi connectivity index (χ1v) is 20.4. The van der Waals surface area contributed by atoms with Crippen molar-refractivity contribution in [2.45, 2.75) is 63.7 Å². The molecule has 0 aromatic heterocycles. The summed E-state index contributed by atoms with van der Waals surface area (Å²) in [6.45, 7) is 10.4. The number of benzene rings is 3. The van der Waals surface area contributed by atoms with Gasteiger partial charge in [-0.1, -0.05) is 17.7 Å². The van der Waals surface area contributed by atoms with Crippen molar-refractivity contribution in [2.24, 2.45) is 5.41 Å². The first-order valence-electron chi connectivity index (χ1n) is 20.0. The minimum absolute atomic E-state index is 0.0842. The van der Waals surface area contributed by atoms with Crippen molar-refractivity contribution >= 4 is 52.3 Å². The van der Waals surface area contributed by atoms with Crippen LogP contribution in [0.4, 0.5) is 17.1 Å². The molecule has 6 aliphatic heterocycles. The van der Waals surface area contributed by atoms with Crippen LogP contribution >= 0.6 is 11.6 Å². The topological polar surface area (TPSA) is 124 Å². The molecule has 290 valence electrons. The summed E-state index contributed by atoms with van der Waals surface area (Å²) in [5.74, 6) is -0.743. The standard InChI is InChI=1S/C43H47ClN8O4/c1-28-43(14-17-51(28)34-9-4-30(24-45)37(44)23-34)12-15-47(16-13-43)32-6-2-29(3-7-32)41(55)49-20-18-48(19-21-49)35-26-50(27-35)33-8-5-31-25-52(42(56)36(31)22-33)38-10-11-39(53)46-40(38)54/h2-9,22-23,28,35,38H,10-21,25-27H2,1H3,(H,46,53,54). The maximum absolute atomic E-state index is 13.6. The Balaban J connectivity index is 0.735. The van der Waals surface area contributed by atoms with Crippen molar-refractivity contribution in [3.8, 4) is 6.07 Å². The number of imide groups is 1. The van der Waals surface area contributed by atoms with E-state index in [2.05, 4.69) is 56.1 Å². The van der Waals surface area contributed by atoms with E-state index in [1.165, 1.54) is 0 Å². The largest absolute Gasteiger partial charge is 0.371 e. The molecule has 1 spiro atoms. The van der Waals surface area contributed by atoms with Gasteiger partial charge in [0.25, 0.3) is 11.8 Å². The highest BCUT2D eigenvalue weighted by Gasteiger charge is 2.47. The fraction of sp³-hybridized carbons (Fsp3) is 0.465. The van der Waals surface area contributed by atoms with E-state index in [9.17, 15) is 24.4 Å². The van der Waals surface area contributed by atoms with Crippen LogP contribution < -0.4 is 20.0 Å². The van der Waals surface area contributed by atoms with Crippen LogP contribution in [0.15, 0.2) is 60.7 Å². The van der Waals surface area contributed by atoms with Crippen molar-refractivity contribution in [1.82, 2.24) is 20.0 Å². The number of hydrogen-bond acceptors (Lipinski definition) is 9. The molecule has 2 atom stereocenters. The molecule has 0 bridgehead atoms. The van der Waals surface area contributed by atoms with Crippen LogP contribution in [0.25, 0.3) is 0 Å². The van der Waals surface area contributed by atoms with Crippen LogP contribution in [-0.4, -0.2) is 115 Å². The van der Waals surface area contributed by atoms with Crippen LogP contribution in [0.1, 0.15) is 70.9 Å². The molecule has 9 rings (SSSR count). The van der Waals surface area contributed by atoms with Gasteiger partial charge < -0.3 is 24.5 Å². The van der Waals surface area contributed by atoms with Gasteiger partial charge in [-0.25, -0.2) is 0 Å². The summed E-state index contributed by atoms with van der Waals surface area (Å²) < 4.78 is 0. The second-order valence-electron chi connectivity index (χ2n) is 16.4. The lowest BCUT2D eigenvalue weighted by atomic mass is 9.73. The molecular weight excluding hydrogens is 728 g/mol. The van der Waals surface area contributed by atoms with Gasteiger partial charge in [-0.3, -0.25) is 29.4 Å². The third kappa shape index (κ3) is 6.44. The lowest BCUT2D eigenvalue weighted by Crippen LogP contribution is -2.63. The molecule has 3 aromatic carbocycles. The van der Waals surface area contributed by atoms with Crippen LogP contribution in [0.5, 0.6) is 0 Å². The van der Waals surface area contributed by atoms with Crippen molar-refractivity contribution < 1.29 is 19.2 Å². The second kappa shape index (κ2) is 14.4. The predicted molar refractivity (Wildman–Crippen MR) is 214 cm³/mol. The molecule has 1 N–H and O–H groups in total. The smallest absolute Gasteiger partial charge is 0.255 e. The number of nitrogens with one attached hydrogen (secondary N) is 1. The van der Waals surface area contributed by atoms with E-state index in [1.807, 2.05) is 47.4 Å². The molecule has 4 amide bonds. The normalized spacial score (nSPS) is 24.0. The third-order valence-electron chi connectivity index (χ3n) is 13.7. The van der Waals surface area contributed by atoms with Crippen LogP contribution in [0, 0.1) is 16.7 Å². The van der Waals surface area contributed by atoms with Gasteiger partial charge in [-0.15, -0.1) is 0 Å². The number of nitriles is 1. The van der Waals surface area contributed by atoms with Gasteiger partial charge in [-0.2, -0.15) is 5.26 Å². The first kappa shape index (κ1) is 36.5. The van der Waals surface area contributed by atoms with E-state index in [0.717, 1.165) is 93.3 Å². The first-order chi connectivity index (χ1) is 27.1. The number of carbonyl (C=O) groups is 4. The van der Waals surface area contributed by atoms with Crippen molar-refractivity contribution in [3.05, 3.63) is 87.9 Å².